The van der Waals surface area contributed by atoms with Gasteiger partial charge in [0.2, 0.25) is 0 Å². The molecular weight excluding hydrogens is 441 g/mol. The third kappa shape index (κ3) is 5.14. The number of rotatable bonds is 9. The zero-order valence-electron chi connectivity index (χ0n) is 18.5. The zero-order chi connectivity index (χ0) is 23.4. The molecule has 2 heterocycles. The fraction of sp³-hybridized carbons (Fsp3) is 0.545. The van der Waals surface area contributed by atoms with E-state index in [1.165, 1.54) is 23.5 Å². The molecule has 0 spiro atoms. The van der Waals surface area contributed by atoms with Gasteiger partial charge in [-0.25, -0.2) is 4.98 Å². The number of benzene rings is 1. The highest BCUT2D eigenvalue weighted by Gasteiger charge is 2.53. The molecule has 2 aromatic rings. The Morgan fingerprint density at radius 2 is 2.06 bits per heavy atom. The second-order valence-corrected chi connectivity index (χ2v) is 8.86. The second kappa shape index (κ2) is 10.3. The first-order valence-electron chi connectivity index (χ1n) is 10.4. The number of methoxy groups -OCH3 is 1. The molecule has 3 rings (SSSR count). The molecule has 176 valence electrons. The summed E-state index contributed by atoms with van der Waals surface area (Å²) >= 11 is 1.31. The van der Waals surface area contributed by atoms with Gasteiger partial charge in [0.1, 0.15) is 17.3 Å². The Bertz CT molecular complexity index is 905. The van der Waals surface area contributed by atoms with E-state index in [9.17, 15) is 13.2 Å². The molecule has 1 fully saturated rings. The summed E-state index contributed by atoms with van der Waals surface area (Å²) < 4.78 is 52.7. The molecule has 32 heavy (non-hydrogen) atoms. The van der Waals surface area contributed by atoms with Crippen LogP contribution >= 0.6 is 11.3 Å². The number of ether oxygens (including phenoxy) is 2. The number of likely N-dealkylation sites (N-methyl/N-ethyl adjacent to an activating group) is 1. The van der Waals surface area contributed by atoms with E-state index in [0.29, 0.717) is 29.0 Å². The molecule has 2 N–H and O–H groups in total. The van der Waals surface area contributed by atoms with Crippen LogP contribution in [-0.4, -0.2) is 57.3 Å². The Morgan fingerprint density at radius 1 is 1.31 bits per heavy atom. The smallest absolute Gasteiger partial charge is 0.421 e. The van der Waals surface area contributed by atoms with E-state index in [0.717, 1.165) is 39.8 Å². The van der Waals surface area contributed by atoms with Crippen LogP contribution in [0.3, 0.4) is 0 Å². The minimum Gasteiger partial charge on any atom is -0.489 e. The zero-order valence-corrected chi connectivity index (χ0v) is 19.3. The topological polar surface area (TPSA) is 67.8 Å². The second-order valence-electron chi connectivity index (χ2n) is 7.96. The number of aromatic nitrogens is 1. The Balaban J connectivity index is 1.98. The summed E-state index contributed by atoms with van der Waals surface area (Å²) in [7, 11) is 2.96. The van der Waals surface area contributed by atoms with Crippen molar-refractivity contribution in [2.75, 3.05) is 27.3 Å². The lowest BCUT2D eigenvalue weighted by Gasteiger charge is -2.33. The van der Waals surface area contributed by atoms with Gasteiger partial charge in [-0.2, -0.15) is 13.2 Å². The number of nitrogens with one attached hydrogen (secondary N) is 2. The SMILES string of the molecule is C=Nc1cc(C(C)(OC)C(F)(F)F)cc(-c2nccs2)c1OCC1CCCC(CNC)N1. The summed E-state index contributed by atoms with van der Waals surface area (Å²) in [5.41, 5.74) is -1.93. The number of nitrogens with zero attached hydrogens (tertiary/aromatic N) is 2. The number of alkyl halides is 3. The monoisotopic (exact) mass is 470 g/mol. The first kappa shape index (κ1) is 24.6. The van der Waals surface area contributed by atoms with Gasteiger partial charge in [0.15, 0.2) is 11.4 Å². The molecule has 0 radical (unpaired) electrons. The van der Waals surface area contributed by atoms with E-state index in [-0.39, 0.29) is 17.3 Å². The van der Waals surface area contributed by atoms with Crippen molar-refractivity contribution in [2.45, 2.75) is 50.0 Å². The molecule has 0 bridgehead atoms. The highest BCUT2D eigenvalue weighted by Crippen LogP contribution is 2.47. The van der Waals surface area contributed by atoms with Gasteiger partial charge in [-0.05, 0) is 51.2 Å². The number of hydrogen-bond acceptors (Lipinski definition) is 7. The van der Waals surface area contributed by atoms with Gasteiger partial charge in [0, 0.05) is 37.3 Å². The first-order chi connectivity index (χ1) is 15.2. The van der Waals surface area contributed by atoms with Crippen molar-refractivity contribution in [2.24, 2.45) is 4.99 Å². The van der Waals surface area contributed by atoms with E-state index >= 15 is 0 Å². The number of hydrogen-bond donors (Lipinski definition) is 2. The molecular formula is C22H29F3N4O2S. The number of aliphatic imine (C=N–C) groups is 1. The highest BCUT2D eigenvalue weighted by molar-refractivity contribution is 7.13. The van der Waals surface area contributed by atoms with Crippen LogP contribution in [0.2, 0.25) is 0 Å². The Morgan fingerprint density at radius 3 is 2.66 bits per heavy atom. The van der Waals surface area contributed by atoms with E-state index < -0.39 is 11.8 Å². The Kier molecular flexibility index (Phi) is 7.92. The third-order valence-electron chi connectivity index (χ3n) is 5.86. The van der Waals surface area contributed by atoms with Gasteiger partial charge >= 0.3 is 6.18 Å². The molecule has 0 amide bonds. The van der Waals surface area contributed by atoms with Crippen LogP contribution in [0.4, 0.5) is 18.9 Å². The maximum absolute atomic E-state index is 13.9. The summed E-state index contributed by atoms with van der Waals surface area (Å²) in [5, 5.41) is 9.04. The van der Waals surface area contributed by atoms with E-state index in [4.69, 9.17) is 9.47 Å². The molecule has 1 aromatic carbocycles. The number of thiazole rings is 1. The third-order valence-corrected chi connectivity index (χ3v) is 6.66. The minimum atomic E-state index is -4.63. The van der Waals surface area contributed by atoms with Gasteiger partial charge < -0.3 is 20.1 Å². The van der Waals surface area contributed by atoms with Crippen LogP contribution in [0.1, 0.15) is 31.7 Å². The van der Waals surface area contributed by atoms with Crippen molar-refractivity contribution in [3.63, 3.8) is 0 Å². The predicted octanol–water partition coefficient (Wildman–Crippen LogP) is 4.68. The van der Waals surface area contributed by atoms with Gasteiger partial charge in [0.05, 0.1) is 5.56 Å². The largest absolute Gasteiger partial charge is 0.489 e. The average molecular weight is 471 g/mol. The van der Waals surface area contributed by atoms with Crippen molar-refractivity contribution < 1.29 is 22.6 Å². The van der Waals surface area contributed by atoms with Gasteiger partial charge in [-0.15, -0.1) is 11.3 Å². The molecule has 0 aliphatic carbocycles. The van der Waals surface area contributed by atoms with Gasteiger partial charge in [-0.1, -0.05) is 6.42 Å². The summed E-state index contributed by atoms with van der Waals surface area (Å²) in [5.74, 6) is 0.372. The quantitative estimate of drug-likeness (QED) is 0.521. The molecule has 1 aromatic heterocycles. The molecule has 1 saturated heterocycles. The summed E-state index contributed by atoms with van der Waals surface area (Å²) in [6, 6.07) is 3.24. The average Bonchev–Trinajstić information content (AvgIpc) is 3.31. The lowest BCUT2D eigenvalue weighted by molar-refractivity contribution is -0.269. The lowest BCUT2D eigenvalue weighted by Crippen LogP contribution is -2.49. The highest BCUT2D eigenvalue weighted by atomic mass is 32.1. The lowest BCUT2D eigenvalue weighted by atomic mass is 9.92. The van der Waals surface area contributed by atoms with Gasteiger partial charge in [-0.3, -0.25) is 4.99 Å². The van der Waals surface area contributed by atoms with Crippen molar-refractivity contribution >= 4 is 23.7 Å². The summed E-state index contributed by atoms with van der Waals surface area (Å²) in [4.78, 5) is 8.28. The first-order valence-corrected chi connectivity index (χ1v) is 11.3. The summed E-state index contributed by atoms with van der Waals surface area (Å²) in [6.45, 7) is 5.78. The van der Waals surface area contributed by atoms with Crippen LogP contribution in [0.15, 0.2) is 28.7 Å². The molecule has 3 atom stereocenters. The minimum absolute atomic E-state index is 0.0858. The number of halogens is 3. The molecule has 6 nitrogen and oxygen atoms in total. The van der Waals surface area contributed by atoms with Crippen LogP contribution < -0.4 is 15.4 Å². The molecule has 1 aliphatic heterocycles. The van der Waals surface area contributed by atoms with Crippen molar-refractivity contribution in [3.8, 4) is 16.3 Å². The molecule has 3 unspecified atom stereocenters. The number of piperidine rings is 1. The molecule has 10 heteroatoms. The van der Waals surface area contributed by atoms with Crippen molar-refractivity contribution in [1.29, 1.82) is 0 Å². The van der Waals surface area contributed by atoms with E-state index in [1.807, 2.05) is 7.05 Å². The molecule has 1 aliphatic rings. The van der Waals surface area contributed by atoms with Gasteiger partial charge in [0.25, 0.3) is 0 Å². The fourth-order valence-electron chi connectivity index (χ4n) is 3.90. The normalized spacial score (nSPS) is 21.2. The Hall–Kier alpha value is -2.01. The maximum Gasteiger partial charge on any atom is 0.421 e. The van der Waals surface area contributed by atoms with Crippen LogP contribution in [0.5, 0.6) is 5.75 Å². The van der Waals surface area contributed by atoms with E-state index in [1.54, 1.807) is 11.6 Å². The van der Waals surface area contributed by atoms with Crippen molar-refractivity contribution in [3.05, 3.63) is 29.3 Å². The van der Waals surface area contributed by atoms with E-state index in [2.05, 4.69) is 27.3 Å². The molecule has 0 saturated carbocycles. The van der Waals surface area contributed by atoms with Crippen LogP contribution in [0, 0.1) is 0 Å². The van der Waals surface area contributed by atoms with Crippen LogP contribution in [-0.2, 0) is 10.3 Å². The van der Waals surface area contributed by atoms with Crippen molar-refractivity contribution in [1.82, 2.24) is 15.6 Å². The predicted molar refractivity (Wildman–Crippen MR) is 121 cm³/mol. The Labute approximate surface area is 190 Å². The van der Waals surface area contributed by atoms with Crippen LogP contribution in [0.25, 0.3) is 10.6 Å². The fourth-order valence-corrected chi connectivity index (χ4v) is 4.55. The standard InChI is InChI=1S/C22H29F3N4O2S/c1-21(30-4,22(23,24)25)14-10-17(20-28-8-9-32-20)19(18(11-14)27-3)31-13-16-7-5-6-15(29-16)12-26-2/h8-11,15-16,26,29H,3,5-7,12-13H2,1-2,4H3. The summed E-state index contributed by atoms with van der Waals surface area (Å²) in [6.07, 6.45) is 0.0925. The maximum atomic E-state index is 13.9.